The lowest BCUT2D eigenvalue weighted by Crippen LogP contribution is -2.06. The maximum atomic E-state index is 5.74. The van der Waals surface area contributed by atoms with E-state index in [1.54, 1.807) is 13.3 Å². The zero-order valence-corrected chi connectivity index (χ0v) is 8.91. The number of methoxy groups -OCH3 is 1. The summed E-state index contributed by atoms with van der Waals surface area (Å²) in [5.74, 6) is 0.475. The Balaban J connectivity index is 2.27. The molecule has 0 aliphatic rings. The van der Waals surface area contributed by atoms with E-state index >= 15 is 0 Å². The monoisotopic (exact) mass is 227 g/mol. The smallest absolute Gasteiger partial charge is 0.227 e. The highest BCUT2D eigenvalue weighted by Gasteiger charge is 2.08. The molecule has 0 saturated heterocycles. The van der Waals surface area contributed by atoms with Gasteiger partial charge in [0.2, 0.25) is 11.2 Å². The molecule has 0 fully saturated rings. The Morgan fingerprint density at radius 2 is 2.27 bits per heavy atom. The summed E-state index contributed by atoms with van der Waals surface area (Å²) in [6, 6.07) is 1.84. The van der Waals surface area contributed by atoms with Gasteiger partial charge in [-0.05, 0) is 17.7 Å². The molecular weight excluding hydrogens is 218 g/mol. The molecule has 5 nitrogen and oxygen atoms in total. The molecule has 0 saturated carbocycles. The van der Waals surface area contributed by atoms with Gasteiger partial charge < -0.3 is 14.5 Å². The number of hydrogen-bond donors (Lipinski definition) is 1. The molecule has 0 amide bonds. The molecule has 2 heterocycles. The lowest BCUT2D eigenvalue weighted by Gasteiger charge is -2.05. The second-order valence-electron chi connectivity index (χ2n) is 2.88. The number of halogens is 1. The van der Waals surface area contributed by atoms with Crippen molar-refractivity contribution in [2.24, 2.45) is 0 Å². The third-order valence-corrected chi connectivity index (χ3v) is 2.05. The molecule has 6 heteroatoms. The van der Waals surface area contributed by atoms with E-state index in [0.717, 1.165) is 5.39 Å². The first kappa shape index (κ1) is 10.2. The minimum atomic E-state index is 0.164. The molecule has 80 valence electrons. The van der Waals surface area contributed by atoms with Crippen molar-refractivity contribution < 1.29 is 9.47 Å². The van der Waals surface area contributed by atoms with E-state index in [1.165, 1.54) is 0 Å². The van der Waals surface area contributed by atoms with Crippen LogP contribution in [0.1, 0.15) is 0 Å². The maximum absolute atomic E-state index is 5.74. The molecule has 1 N–H and O–H groups in total. The first-order valence-corrected chi connectivity index (χ1v) is 4.81. The number of H-pyrrole nitrogens is 1. The van der Waals surface area contributed by atoms with Crippen LogP contribution in [0, 0.1) is 0 Å². The Morgan fingerprint density at radius 3 is 3.07 bits per heavy atom. The van der Waals surface area contributed by atoms with Crippen LogP contribution >= 0.6 is 11.6 Å². The molecule has 2 aromatic rings. The molecule has 0 unspecified atom stereocenters. The van der Waals surface area contributed by atoms with Crippen LogP contribution < -0.4 is 4.74 Å². The van der Waals surface area contributed by atoms with Crippen LogP contribution in [-0.2, 0) is 4.74 Å². The third kappa shape index (κ3) is 2.19. The molecular formula is C9H10ClN3O2. The number of nitrogens with one attached hydrogen (secondary N) is 1. The third-order valence-electron chi connectivity index (χ3n) is 1.88. The summed E-state index contributed by atoms with van der Waals surface area (Å²) in [6.07, 6.45) is 1.76. The Hall–Kier alpha value is -1.33. The molecule has 2 aromatic heterocycles. The Labute approximate surface area is 91.4 Å². The predicted molar refractivity (Wildman–Crippen MR) is 56.3 cm³/mol. The molecule has 0 aliphatic carbocycles. The van der Waals surface area contributed by atoms with Crippen molar-refractivity contribution in [1.82, 2.24) is 15.0 Å². The Kier molecular flexibility index (Phi) is 3.03. The number of ether oxygens (including phenoxy) is 2. The first-order valence-electron chi connectivity index (χ1n) is 4.43. The molecule has 0 aliphatic heterocycles. The fourth-order valence-corrected chi connectivity index (χ4v) is 1.38. The van der Waals surface area contributed by atoms with E-state index in [-0.39, 0.29) is 5.28 Å². The highest BCUT2D eigenvalue weighted by molar-refractivity contribution is 6.28. The Bertz CT molecular complexity index is 458. The van der Waals surface area contributed by atoms with E-state index in [9.17, 15) is 0 Å². The fourth-order valence-electron chi connectivity index (χ4n) is 1.22. The van der Waals surface area contributed by atoms with Crippen LogP contribution in [0.3, 0.4) is 0 Å². The molecule has 0 atom stereocenters. The molecule has 0 radical (unpaired) electrons. The van der Waals surface area contributed by atoms with Crippen molar-refractivity contribution in [3.05, 3.63) is 17.5 Å². The van der Waals surface area contributed by atoms with Gasteiger partial charge in [0.1, 0.15) is 12.3 Å². The van der Waals surface area contributed by atoms with Gasteiger partial charge in [-0.3, -0.25) is 0 Å². The van der Waals surface area contributed by atoms with E-state index in [2.05, 4.69) is 15.0 Å². The van der Waals surface area contributed by atoms with Gasteiger partial charge in [0.05, 0.1) is 12.0 Å². The number of fused-ring (bicyclic) bond motifs is 1. The van der Waals surface area contributed by atoms with Gasteiger partial charge in [-0.2, -0.15) is 9.97 Å². The van der Waals surface area contributed by atoms with Gasteiger partial charge in [-0.15, -0.1) is 0 Å². The minimum absolute atomic E-state index is 0.164. The summed E-state index contributed by atoms with van der Waals surface area (Å²) in [6.45, 7) is 0.942. The standard InChI is InChI=1S/C9H10ClN3O2/c1-14-4-5-15-8-6-2-3-11-7(6)12-9(10)13-8/h2-3H,4-5H2,1H3,(H,11,12,13). The topological polar surface area (TPSA) is 60.0 Å². The SMILES string of the molecule is COCCOc1nc(Cl)nc2[nH]ccc12. The molecule has 2 rings (SSSR count). The van der Waals surface area contributed by atoms with Gasteiger partial charge in [0, 0.05) is 13.3 Å². The highest BCUT2D eigenvalue weighted by atomic mass is 35.5. The van der Waals surface area contributed by atoms with Crippen LogP contribution in [-0.4, -0.2) is 35.3 Å². The molecule has 0 aromatic carbocycles. The van der Waals surface area contributed by atoms with Gasteiger partial charge in [-0.25, -0.2) is 0 Å². The lowest BCUT2D eigenvalue weighted by atomic mass is 10.4. The van der Waals surface area contributed by atoms with Crippen molar-refractivity contribution in [3.63, 3.8) is 0 Å². The van der Waals surface area contributed by atoms with Crippen LogP contribution in [0.25, 0.3) is 11.0 Å². The van der Waals surface area contributed by atoms with Crippen molar-refractivity contribution in [1.29, 1.82) is 0 Å². The van der Waals surface area contributed by atoms with Crippen LogP contribution in [0.4, 0.5) is 0 Å². The van der Waals surface area contributed by atoms with Crippen molar-refractivity contribution in [3.8, 4) is 5.88 Å². The number of aromatic amines is 1. The zero-order valence-electron chi connectivity index (χ0n) is 8.16. The first-order chi connectivity index (χ1) is 7.31. The summed E-state index contributed by atoms with van der Waals surface area (Å²) >= 11 is 5.74. The van der Waals surface area contributed by atoms with Gasteiger partial charge in [0.25, 0.3) is 0 Å². The number of hydrogen-bond acceptors (Lipinski definition) is 4. The van der Waals surface area contributed by atoms with Crippen molar-refractivity contribution in [2.75, 3.05) is 20.3 Å². The van der Waals surface area contributed by atoms with E-state index in [1.807, 2.05) is 6.07 Å². The molecule has 15 heavy (non-hydrogen) atoms. The van der Waals surface area contributed by atoms with Crippen molar-refractivity contribution >= 4 is 22.6 Å². The van der Waals surface area contributed by atoms with Crippen molar-refractivity contribution in [2.45, 2.75) is 0 Å². The summed E-state index contributed by atoms with van der Waals surface area (Å²) in [5, 5.41) is 0.980. The lowest BCUT2D eigenvalue weighted by molar-refractivity contribution is 0.144. The fraction of sp³-hybridized carbons (Fsp3) is 0.333. The number of aromatic nitrogens is 3. The molecule has 0 bridgehead atoms. The average molecular weight is 228 g/mol. The highest BCUT2D eigenvalue weighted by Crippen LogP contribution is 2.22. The number of nitrogens with zero attached hydrogens (tertiary/aromatic N) is 2. The van der Waals surface area contributed by atoms with Crippen LogP contribution in [0.5, 0.6) is 5.88 Å². The Morgan fingerprint density at radius 1 is 1.40 bits per heavy atom. The maximum Gasteiger partial charge on any atom is 0.227 e. The van der Waals surface area contributed by atoms with Gasteiger partial charge in [-0.1, -0.05) is 0 Å². The second-order valence-corrected chi connectivity index (χ2v) is 3.22. The largest absolute Gasteiger partial charge is 0.475 e. The minimum Gasteiger partial charge on any atom is -0.475 e. The summed E-state index contributed by atoms with van der Waals surface area (Å²) in [7, 11) is 1.61. The van der Waals surface area contributed by atoms with E-state index < -0.39 is 0 Å². The second kappa shape index (κ2) is 4.46. The van der Waals surface area contributed by atoms with Gasteiger partial charge >= 0.3 is 0 Å². The normalized spacial score (nSPS) is 10.8. The average Bonchev–Trinajstić information content (AvgIpc) is 2.65. The number of rotatable bonds is 4. The zero-order chi connectivity index (χ0) is 10.7. The van der Waals surface area contributed by atoms with Crippen LogP contribution in [0.15, 0.2) is 12.3 Å². The summed E-state index contributed by atoms with van der Waals surface area (Å²) < 4.78 is 10.3. The molecule has 0 spiro atoms. The predicted octanol–water partition coefficient (Wildman–Crippen LogP) is 1.64. The van der Waals surface area contributed by atoms with Gasteiger partial charge in [0.15, 0.2) is 0 Å². The van der Waals surface area contributed by atoms with E-state index in [0.29, 0.717) is 24.7 Å². The summed E-state index contributed by atoms with van der Waals surface area (Å²) in [5.41, 5.74) is 0.669. The summed E-state index contributed by atoms with van der Waals surface area (Å²) in [4.78, 5) is 11.0. The quantitative estimate of drug-likeness (QED) is 0.637. The van der Waals surface area contributed by atoms with E-state index in [4.69, 9.17) is 21.1 Å². The van der Waals surface area contributed by atoms with Crippen LogP contribution in [0.2, 0.25) is 5.28 Å².